The minimum Gasteiger partial charge on any atom is -0.489 e. The van der Waals surface area contributed by atoms with Gasteiger partial charge in [0, 0.05) is 48.2 Å². The number of rotatable bonds is 7. The van der Waals surface area contributed by atoms with Gasteiger partial charge >= 0.3 is 0 Å². The van der Waals surface area contributed by atoms with Gasteiger partial charge in [-0.3, -0.25) is 14.6 Å². The number of aromatic nitrogens is 2. The number of anilines is 2. The number of carbonyl (C=O) groups is 2. The molecule has 0 radical (unpaired) electrons. The van der Waals surface area contributed by atoms with Crippen LogP contribution in [0.25, 0.3) is 11.3 Å². The van der Waals surface area contributed by atoms with Gasteiger partial charge < -0.3 is 25.3 Å². The molecular weight excluding hydrogens is 461 g/mol. The zero-order valence-electron chi connectivity index (χ0n) is 20.1. The van der Waals surface area contributed by atoms with E-state index in [1.165, 1.54) is 12.1 Å². The van der Waals surface area contributed by atoms with E-state index in [2.05, 4.69) is 27.2 Å². The highest BCUT2D eigenvalue weighted by Gasteiger charge is 2.30. The SMILES string of the molecule is C=CC(=O)N1CCC[C@@H]1COc1cnccc1-c1[nH]c2c(c1Nc1cccc(F)c1C)C(=O)NCC2. The lowest BCUT2D eigenvalue weighted by molar-refractivity contribution is -0.127. The maximum Gasteiger partial charge on any atom is 0.255 e. The number of hydrogen-bond acceptors (Lipinski definition) is 5. The first kappa shape index (κ1) is 23.6. The predicted octanol–water partition coefficient (Wildman–Crippen LogP) is 4.11. The third kappa shape index (κ3) is 4.32. The lowest BCUT2D eigenvalue weighted by Crippen LogP contribution is -2.38. The number of amides is 2. The van der Waals surface area contributed by atoms with Crippen molar-refractivity contribution >= 4 is 23.2 Å². The van der Waals surface area contributed by atoms with E-state index >= 15 is 0 Å². The zero-order valence-corrected chi connectivity index (χ0v) is 20.1. The Balaban J connectivity index is 1.52. The molecule has 1 saturated heterocycles. The van der Waals surface area contributed by atoms with Gasteiger partial charge in [-0.15, -0.1) is 0 Å². The van der Waals surface area contributed by atoms with Gasteiger partial charge in [-0.25, -0.2) is 4.39 Å². The number of carbonyl (C=O) groups excluding carboxylic acids is 2. The molecule has 0 spiro atoms. The Morgan fingerprint density at radius 3 is 3.08 bits per heavy atom. The van der Waals surface area contributed by atoms with Gasteiger partial charge in [-0.2, -0.15) is 0 Å². The molecule has 0 bridgehead atoms. The molecule has 2 amide bonds. The molecule has 9 heteroatoms. The number of fused-ring (bicyclic) bond motifs is 1. The van der Waals surface area contributed by atoms with Crippen molar-refractivity contribution in [3.8, 4) is 17.0 Å². The standard InChI is InChI=1S/C27H28FN5O3/c1-3-23(34)33-13-5-6-17(33)15-36-22-14-29-11-9-18(22)25-26(24-21(32-25)10-12-30-27(24)35)31-20-8-4-7-19(28)16(20)2/h3-4,7-9,11,14,17,31-32H,1,5-6,10,12-13,15H2,2H3,(H,30,35)/t17-/m1/s1. The maximum atomic E-state index is 14.3. The molecule has 8 nitrogen and oxygen atoms in total. The fourth-order valence-electron chi connectivity index (χ4n) is 4.89. The van der Waals surface area contributed by atoms with Gasteiger partial charge in [0.2, 0.25) is 5.91 Å². The molecule has 5 rings (SSSR count). The van der Waals surface area contributed by atoms with Crippen LogP contribution in [0.15, 0.2) is 49.3 Å². The molecule has 1 aromatic carbocycles. The minimum atomic E-state index is -0.335. The van der Waals surface area contributed by atoms with Crippen molar-refractivity contribution in [3.05, 3.63) is 72.0 Å². The molecule has 1 atom stereocenters. The number of halogens is 1. The highest BCUT2D eigenvalue weighted by Crippen LogP contribution is 2.41. The smallest absolute Gasteiger partial charge is 0.255 e. The van der Waals surface area contributed by atoms with Gasteiger partial charge in [-0.05, 0) is 44.0 Å². The molecule has 3 N–H and O–H groups in total. The molecule has 186 valence electrons. The summed E-state index contributed by atoms with van der Waals surface area (Å²) >= 11 is 0. The number of nitrogens with one attached hydrogen (secondary N) is 3. The van der Waals surface area contributed by atoms with Crippen LogP contribution in [-0.2, 0) is 11.2 Å². The Bertz CT molecular complexity index is 1330. The fourth-order valence-corrected chi connectivity index (χ4v) is 4.89. The molecule has 2 aromatic heterocycles. The molecule has 4 heterocycles. The predicted molar refractivity (Wildman–Crippen MR) is 135 cm³/mol. The first-order valence-electron chi connectivity index (χ1n) is 12.0. The zero-order chi connectivity index (χ0) is 25.2. The largest absolute Gasteiger partial charge is 0.489 e. The van der Waals surface area contributed by atoms with Crippen molar-refractivity contribution in [1.29, 1.82) is 0 Å². The summed E-state index contributed by atoms with van der Waals surface area (Å²) in [6.07, 6.45) is 7.00. The van der Waals surface area contributed by atoms with Crippen LogP contribution >= 0.6 is 0 Å². The minimum absolute atomic E-state index is 0.0567. The second kappa shape index (κ2) is 9.85. The topological polar surface area (TPSA) is 99.3 Å². The van der Waals surface area contributed by atoms with Gasteiger partial charge in [0.15, 0.2) is 0 Å². The summed E-state index contributed by atoms with van der Waals surface area (Å²) in [6, 6.07) is 6.56. The van der Waals surface area contributed by atoms with E-state index in [9.17, 15) is 14.0 Å². The third-order valence-electron chi connectivity index (χ3n) is 6.81. The summed E-state index contributed by atoms with van der Waals surface area (Å²) in [5.41, 5.74) is 4.24. The molecular formula is C27H28FN5O3. The quantitative estimate of drug-likeness (QED) is 0.434. The summed E-state index contributed by atoms with van der Waals surface area (Å²) in [6.45, 7) is 6.80. The molecule has 0 unspecified atom stereocenters. The first-order chi connectivity index (χ1) is 17.5. The number of H-pyrrole nitrogens is 1. The molecule has 2 aliphatic rings. The Hall–Kier alpha value is -4.14. The molecule has 36 heavy (non-hydrogen) atoms. The van der Waals surface area contributed by atoms with Gasteiger partial charge in [0.1, 0.15) is 18.2 Å². The number of nitrogens with zero attached hydrogens (tertiary/aromatic N) is 2. The van der Waals surface area contributed by atoms with Crippen LogP contribution in [-0.4, -0.2) is 52.4 Å². The van der Waals surface area contributed by atoms with Crippen molar-refractivity contribution in [2.75, 3.05) is 25.0 Å². The van der Waals surface area contributed by atoms with Crippen molar-refractivity contribution in [1.82, 2.24) is 20.2 Å². The normalized spacial score (nSPS) is 16.9. The Morgan fingerprint density at radius 1 is 1.39 bits per heavy atom. The molecule has 3 aromatic rings. The van der Waals surface area contributed by atoms with Crippen LogP contribution in [0, 0.1) is 12.7 Å². The van der Waals surface area contributed by atoms with Crippen LogP contribution in [0.5, 0.6) is 5.75 Å². The fraction of sp³-hybridized carbons (Fsp3) is 0.296. The number of likely N-dealkylation sites (tertiary alicyclic amines) is 1. The highest BCUT2D eigenvalue weighted by molar-refractivity contribution is 6.06. The van der Waals surface area contributed by atoms with Crippen molar-refractivity contribution < 1.29 is 18.7 Å². The Labute approximate surface area is 208 Å². The van der Waals surface area contributed by atoms with Crippen molar-refractivity contribution in [2.24, 2.45) is 0 Å². The van der Waals surface area contributed by atoms with E-state index < -0.39 is 0 Å². The van der Waals surface area contributed by atoms with Crippen LogP contribution < -0.4 is 15.4 Å². The summed E-state index contributed by atoms with van der Waals surface area (Å²) in [7, 11) is 0. The summed E-state index contributed by atoms with van der Waals surface area (Å²) in [5, 5.41) is 6.19. The number of benzene rings is 1. The van der Waals surface area contributed by atoms with Crippen LogP contribution in [0.2, 0.25) is 0 Å². The number of ether oxygens (including phenoxy) is 1. The molecule has 0 saturated carbocycles. The van der Waals surface area contributed by atoms with E-state index in [0.717, 1.165) is 18.5 Å². The lowest BCUT2D eigenvalue weighted by atomic mass is 10.0. The lowest BCUT2D eigenvalue weighted by Gasteiger charge is -2.24. The van der Waals surface area contributed by atoms with E-state index in [1.54, 1.807) is 36.4 Å². The van der Waals surface area contributed by atoms with E-state index in [-0.39, 0.29) is 23.7 Å². The number of pyridine rings is 1. The monoisotopic (exact) mass is 489 g/mol. The van der Waals surface area contributed by atoms with Gasteiger partial charge in [-0.1, -0.05) is 12.6 Å². The first-order valence-corrected chi connectivity index (χ1v) is 12.0. The Kier molecular flexibility index (Phi) is 6.45. The van der Waals surface area contributed by atoms with Crippen LogP contribution in [0.1, 0.15) is 34.5 Å². The average molecular weight is 490 g/mol. The van der Waals surface area contributed by atoms with Crippen molar-refractivity contribution in [3.63, 3.8) is 0 Å². The van der Waals surface area contributed by atoms with Gasteiger partial charge in [0.05, 0.1) is 29.2 Å². The van der Waals surface area contributed by atoms with Gasteiger partial charge in [0.25, 0.3) is 5.91 Å². The summed E-state index contributed by atoms with van der Waals surface area (Å²) in [5.74, 6) is -0.115. The summed E-state index contributed by atoms with van der Waals surface area (Å²) < 4.78 is 20.5. The Morgan fingerprint density at radius 2 is 2.25 bits per heavy atom. The van der Waals surface area contributed by atoms with Crippen molar-refractivity contribution in [2.45, 2.75) is 32.2 Å². The number of hydrogen-bond donors (Lipinski definition) is 3. The second-order valence-electron chi connectivity index (χ2n) is 8.99. The summed E-state index contributed by atoms with van der Waals surface area (Å²) in [4.78, 5) is 34.5. The highest BCUT2D eigenvalue weighted by atomic mass is 19.1. The van der Waals surface area contributed by atoms with E-state index in [1.807, 2.05) is 6.07 Å². The van der Waals surface area contributed by atoms with E-state index in [0.29, 0.717) is 65.6 Å². The van der Waals surface area contributed by atoms with Crippen LogP contribution in [0.3, 0.4) is 0 Å². The van der Waals surface area contributed by atoms with E-state index in [4.69, 9.17) is 4.74 Å². The number of aromatic amines is 1. The second-order valence-corrected chi connectivity index (χ2v) is 8.99. The van der Waals surface area contributed by atoms with Crippen LogP contribution in [0.4, 0.5) is 15.8 Å². The average Bonchev–Trinajstić information content (AvgIpc) is 3.51. The molecule has 2 aliphatic heterocycles. The maximum absolute atomic E-state index is 14.3. The molecule has 1 fully saturated rings. The molecule has 0 aliphatic carbocycles. The third-order valence-corrected chi connectivity index (χ3v) is 6.81.